The van der Waals surface area contributed by atoms with E-state index in [9.17, 15) is 5.11 Å². The van der Waals surface area contributed by atoms with Crippen LogP contribution in [0.2, 0.25) is 0 Å². The summed E-state index contributed by atoms with van der Waals surface area (Å²) in [6.07, 6.45) is 11.4. The van der Waals surface area contributed by atoms with Crippen LogP contribution >= 0.6 is 11.8 Å². The number of hydrogen-bond donors (Lipinski definition) is 2. The van der Waals surface area contributed by atoms with Gasteiger partial charge < -0.3 is 10.4 Å². The molecule has 0 aliphatic heterocycles. The number of thioether (sulfide) groups is 1. The summed E-state index contributed by atoms with van der Waals surface area (Å²) in [4.78, 5) is 0. The molecule has 0 rings (SSSR count). The third-order valence-corrected chi connectivity index (χ3v) is 3.83. The molecule has 0 aromatic rings. The summed E-state index contributed by atoms with van der Waals surface area (Å²) in [5.41, 5.74) is -0.555. The van der Waals surface area contributed by atoms with E-state index >= 15 is 0 Å². The lowest BCUT2D eigenvalue weighted by atomic mass is 10.1. The van der Waals surface area contributed by atoms with Crippen molar-refractivity contribution in [3.63, 3.8) is 0 Å². The fourth-order valence-electron chi connectivity index (χ4n) is 1.93. The van der Waals surface area contributed by atoms with Crippen molar-refractivity contribution in [2.45, 2.75) is 64.4 Å². The predicted molar refractivity (Wildman–Crippen MR) is 79.9 cm³/mol. The minimum Gasteiger partial charge on any atom is -0.388 e. The van der Waals surface area contributed by atoms with E-state index in [4.69, 9.17) is 0 Å². The van der Waals surface area contributed by atoms with Gasteiger partial charge in [-0.1, -0.05) is 45.4 Å². The van der Waals surface area contributed by atoms with E-state index in [1.165, 1.54) is 44.9 Å². The number of aliphatic hydroxyl groups is 1. The van der Waals surface area contributed by atoms with Crippen LogP contribution in [0.3, 0.4) is 0 Å². The molecule has 0 aromatic carbocycles. The zero-order valence-electron chi connectivity index (χ0n) is 11.9. The van der Waals surface area contributed by atoms with Crippen molar-refractivity contribution in [1.82, 2.24) is 5.32 Å². The molecule has 3 heteroatoms. The molecule has 0 aromatic heterocycles. The molecule has 0 spiro atoms. The second-order valence-corrected chi connectivity index (χ2v) is 6.09. The highest BCUT2D eigenvalue weighted by Gasteiger charge is 2.18. The normalized spacial score (nSPS) is 14.8. The Morgan fingerprint density at radius 3 is 2.24 bits per heavy atom. The number of unbranched alkanes of at least 4 members (excludes halogenated alkanes) is 6. The van der Waals surface area contributed by atoms with Gasteiger partial charge in [-0.3, -0.25) is 0 Å². The highest BCUT2D eigenvalue weighted by Crippen LogP contribution is 2.09. The van der Waals surface area contributed by atoms with Crippen molar-refractivity contribution in [2.24, 2.45) is 0 Å². The van der Waals surface area contributed by atoms with Crippen molar-refractivity contribution in [3.05, 3.63) is 0 Å². The minimum absolute atomic E-state index is 0.555. The van der Waals surface area contributed by atoms with Crippen LogP contribution in [0.1, 0.15) is 58.8 Å². The minimum atomic E-state index is -0.555. The fourth-order valence-corrected chi connectivity index (χ4v) is 2.65. The lowest BCUT2D eigenvalue weighted by Crippen LogP contribution is -2.40. The van der Waals surface area contributed by atoms with Gasteiger partial charge in [0.25, 0.3) is 0 Å². The zero-order valence-corrected chi connectivity index (χ0v) is 12.7. The third-order valence-electron chi connectivity index (χ3n) is 2.92. The standard InChI is InChI=1S/C14H31NOS/c1-4-5-6-7-8-9-10-11-15-12-14(2,16)13-17-3/h15-16H,4-13H2,1-3H3. The maximum absolute atomic E-state index is 9.93. The van der Waals surface area contributed by atoms with Gasteiger partial charge in [0.2, 0.25) is 0 Å². The molecular weight excluding hydrogens is 230 g/mol. The van der Waals surface area contributed by atoms with E-state index < -0.39 is 5.60 Å². The Hall–Kier alpha value is 0.270. The average molecular weight is 261 g/mol. The Morgan fingerprint density at radius 1 is 1.06 bits per heavy atom. The quantitative estimate of drug-likeness (QED) is 0.528. The van der Waals surface area contributed by atoms with Crippen molar-refractivity contribution < 1.29 is 5.11 Å². The topological polar surface area (TPSA) is 32.3 Å². The Balaban J connectivity index is 3.18. The fraction of sp³-hybridized carbons (Fsp3) is 1.00. The van der Waals surface area contributed by atoms with Gasteiger partial charge in [0, 0.05) is 12.3 Å². The first kappa shape index (κ1) is 17.3. The highest BCUT2D eigenvalue weighted by molar-refractivity contribution is 7.98. The van der Waals surface area contributed by atoms with Crippen LogP contribution in [0.15, 0.2) is 0 Å². The lowest BCUT2D eigenvalue weighted by molar-refractivity contribution is 0.0850. The van der Waals surface area contributed by atoms with Gasteiger partial charge in [0.15, 0.2) is 0 Å². The van der Waals surface area contributed by atoms with Gasteiger partial charge in [0.1, 0.15) is 0 Å². The van der Waals surface area contributed by atoms with Crippen LogP contribution < -0.4 is 5.32 Å². The van der Waals surface area contributed by atoms with E-state index in [1.807, 2.05) is 13.2 Å². The molecule has 0 aliphatic rings. The Bertz CT molecular complexity index is 162. The summed E-state index contributed by atoms with van der Waals surface area (Å²) < 4.78 is 0. The summed E-state index contributed by atoms with van der Waals surface area (Å²) in [5, 5.41) is 13.3. The molecule has 2 N–H and O–H groups in total. The molecule has 0 heterocycles. The van der Waals surface area contributed by atoms with Crippen LogP contribution in [0, 0.1) is 0 Å². The summed E-state index contributed by atoms with van der Waals surface area (Å²) >= 11 is 1.70. The van der Waals surface area contributed by atoms with Gasteiger partial charge in [-0.15, -0.1) is 0 Å². The summed E-state index contributed by atoms with van der Waals surface area (Å²) in [6.45, 7) is 5.91. The summed E-state index contributed by atoms with van der Waals surface area (Å²) in [5.74, 6) is 0.803. The van der Waals surface area contributed by atoms with Crippen molar-refractivity contribution in [3.8, 4) is 0 Å². The van der Waals surface area contributed by atoms with Crippen LogP contribution in [-0.2, 0) is 0 Å². The Morgan fingerprint density at radius 2 is 1.65 bits per heavy atom. The molecule has 0 amide bonds. The van der Waals surface area contributed by atoms with Gasteiger partial charge in [-0.05, 0) is 26.1 Å². The second kappa shape index (κ2) is 11.4. The molecule has 0 bridgehead atoms. The molecule has 1 unspecified atom stereocenters. The summed E-state index contributed by atoms with van der Waals surface area (Å²) in [6, 6.07) is 0. The highest BCUT2D eigenvalue weighted by atomic mass is 32.2. The van der Waals surface area contributed by atoms with Crippen molar-refractivity contribution in [1.29, 1.82) is 0 Å². The molecule has 0 aliphatic carbocycles. The average Bonchev–Trinajstić information content (AvgIpc) is 2.27. The van der Waals surface area contributed by atoms with Gasteiger partial charge in [0.05, 0.1) is 5.60 Å². The summed E-state index contributed by atoms with van der Waals surface area (Å²) in [7, 11) is 0. The van der Waals surface area contributed by atoms with Crippen molar-refractivity contribution >= 4 is 11.8 Å². The molecule has 104 valence electrons. The van der Waals surface area contributed by atoms with E-state index in [0.717, 1.165) is 12.3 Å². The molecule has 0 fully saturated rings. The molecule has 0 radical (unpaired) electrons. The van der Waals surface area contributed by atoms with Gasteiger partial charge in [-0.2, -0.15) is 11.8 Å². The first-order valence-electron chi connectivity index (χ1n) is 7.04. The molecule has 1 atom stereocenters. The molecule has 17 heavy (non-hydrogen) atoms. The maximum atomic E-state index is 9.93. The SMILES string of the molecule is CCCCCCCCCNCC(C)(O)CSC. The van der Waals surface area contributed by atoms with Gasteiger partial charge >= 0.3 is 0 Å². The van der Waals surface area contributed by atoms with Crippen LogP contribution in [0.25, 0.3) is 0 Å². The van der Waals surface area contributed by atoms with E-state index in [2.05, 4.69) is 12.2 Å². The Labute approximate surface area is 112 Å². The molecule has 2 nitrogen and oxygen atoms in total. The predicted octanol–water partition coefficient (Wildman–Crippen LogP) is 3.44. The van der Waals surface area contributed by atoms with E-state index in [1.54, 1.807) is 11.8 Å². The van der Waals surface area contributed by atoms with Gasteiger partial charge in [-0.25, -0.2) is 0 Å². The van der Waals surface area contributed by atoms with E-state index in [-0.39, 0.29) is 0 Å². The van der Waals surface area contributed by atoms with Crippen LogP contribution in [-0.4, -0.2) is 35.8 Å². The van der Waals surface area contributed by atoms with E-state index in [0.29, 0.717) is 6.54 Å². The van der Waals surface area contributed by atoms with Crippen LogP contribution in [0.4, 0.5) is 0 Å². The first-order chi connectivity index (χ1) is 8.12. The lowest BCUT2D eigenvalue weighted by Gasteiger charge is -2.22. The molecule has 0 saturated heterocycles. The Kier molecular flexibility index (Phi) is 11.5. The smallest absolute Gasteiger partial charge is 0.0833 e. The third kappa shape index (κ3) is 12.5. The van der Waals surface area contributed by atoms with Crippen molar-refractivity contribution in [2.75, 3.05) is 25.1 Å². The first-order valence-corrected chi connectivity index (χ1v) is 8.44. The maximum Gasteiger partial charge on any atom is 0.0833 e. The number of hydrogen-bond acceptors (Lipinski definition) is 3. The number of nitrogens with one attached hydrogen (secondary N) is 1. The second-order valence-electron chi connectivity index (χ2n) is 5.23. The molecule has 0 saturated carbocycles. The molecular formula is C14H31NOS. The monoisotopic (exact) mass is 261 g/mol. The number of rotatable bonds is 12. The van der Waals surface area contributed by atoms with Crippen LogP contribution in [0.5, 0.6) is 0 Å². The largest absolute Gasteiger partial charge is 0.388 e. The zero-order chi connectivity index (χ0) is 13.0.